The Morgan fingerprint density at radius 2 is 1.26 bits per heavy atom. The highest BCUT2D eigenvalue weighted by Gasteiger charge is 2.38. The Morgan fingerprint density at radius 3 is 1.74 bits per heavy atom. The normalized spacial score (nSPS) is 18.1. The second kappa shape index (κ2) is 16.8. The molecule has 1 aliphatic rings. The van der Waals surface area contributed by atoms with Gasteiger partial charge in [-0.05, 0) is 39.0 Å². The standard InChI is InChI=1S/C24H37N5O13/c1-11(30)19(24(41)42)28-21(38)14(6-9-18(35)36)26-20(37)13(5-8-17(33)34)27-22(39)15-3-2-10-29(15)23(40)12(25)4-7-16(31)32/h11-15,19,30H,2-10,25H2,1H3,(H,26,37)(H,27,39)(H,28,38)(H,31,32)(H,33,34)(H,35,36)(H,41,42)/t11-,12+,13+,14+,15+,19+/m1/s1. The number of carboxylic acids is 4. The van der Waals surface area contributed by atoms with E-state index >= 15 is 0 Å². The summed E-state index contributed by atoms with van der Waals surface area (Å²) in [4.78, 5) is 97.3. The van der Waals surface area contributed by atoms with Crippen molar-refractivity contribution in [3.8, 4) is 0 Å². The summed E-state index contributed by atoms with van der Waals surface area (Å²) in [5.74, 6) is -9.22. The monoisotopic (exact) mass is 603 g/mol. The fraction of sp³-hybridized carbons (Fsp3) is 0.667. The number of likely N-dealkylation sites (tertiary alicyclic amines) is 1. The maximum Gasteiger partial charge on any atom is 0.328 e. The number of nitrogens with one attached hydrogen (secondary N) is 3. The Bertz CT molecular complexity index is 1050. The van der Waals surface area contributed by atoms with Crippen LogP contribution in [-0.2, 0) is 38.4 Å². The minimum atomic E-state index is -1.79. The zero-order chi connectivity index (χ0) is 32.1. The van der Waals surface area contributed by atoms with Crippen molar-refractivity contribution in [2.75, 3.05) is 6.54 Å². The van der Waals surface area contributed by atoms with E-state index in [2.05, 4.69) is 10.6 Å². The Morgan fingerprint density at radius 1 is 0.786 bits per heavy atom. The first-order valence-electron chi connectivity index (χ1n) is 13.1. The summed E-state index contributed by atoms with van der Waals surface area (Å²) >= 11 is 0. The zero-order valence-electron chi connectivity index (χ0n) is 22.9. The first-order valence-corrected chi connectivity index (χ1v) is 13.1. The molecule has 1 aliphatic heterocycles. The van der Waals surface area contributed by atoms with E-state index in [9.17, 15) is 48.6 Å². The van der Waals surface area contributed by atoms with Gasteiger partial charge >= 0.3 is 23.9 Å². The summed E-state index contributed by atoms with van der Waals surface area (Å²) in [7, 11) is 0. The van der Waals surface area contributed by atoms with Crippen LogP contribution in [0, 0.1) is 0 Å². The number of hydrogen-bond donors (Lipinski definition) is 9. The topological polar surface area (TPSA) is 303 Å². The van der Waals surface area contributed by atoms with Crippen molar-refractivity contribution in [3.63, 3.8) is 0 Å². The number of hydrogen-bond acceptors (Lipinski definition) is 10. The Labute approximate surface area is 239 Å². The second-order valence-corrected chi connectivity index (χ2v) is 9.78. The van der Waals surface area contributed by atoms with Gasteiger partial charge in [-0.3, -0.25) is 33.6 Å². The van der Waals surface area contributed by atoms with Crippen molar-refractivity contribution < 1.29 is 63.9 Å². The van der Waals surface area contributed by atoms with Crippen LogP contribution in [0.2, 0.25) is 0 Å². The number of carbonyl (C=O) groups excluding carboxylic acids is 4. The van der Waals surface area contributed by atoms with Crippen LogP contribution in [0.4, 0.5) is 0 Å². The van der Waals surface area contributed by atoms with Crippen molar-refractivity contribution >= 4 is 47.5 Å². The summed E-state index contributed by atoms with van der Waals surface area (Å²) in [6.45, 7) is 1.20. The first-order chi connectivity index (χ1) is 19.5. The molecule has 6 atom stereocenters. The third kappa shape index (κ3) is 11.7. The minimum Gasteiger partial charge on any atom is -0.481 e. The molecule has 0 spiro atoms. The van der Waals surface area contributed by atoms with Gasteiger partial charge in [-0.15, -0.1) is 0 Å². The lowest BCUT2D eigenvalue weighted by Crippen LogP contribution is -2.59. The minimum absolute atomic E-state index is 0.120. The van der Waals surface area contributed by atoms with E-state index in [1.807, 2.05) is 5.32 Å². The first kappa shape index (κ1) is 35.7. The number of carboxylic acid groups (broad SMARTS) is 4. The molecule has 0 aromatic rings. The predicted octanol–water partition coefficient (Wildman–Crippen LogP) is -3.18. The fourth-order valence-corrected chi connectivity index (χ4v) is 4.17. The van der Waals surface area contributed by atoms with E-state index in [1.165, 1.54) is 0 Å². The molecule has 42 heavy (non-hydrogen) atoms. The highest BCUT2D eigenvalue weighted by molar-refractivity contribution is 5.96. The van der Waals surface area contributed by atoms with Crippen LogP contribution in [0.3, 0.4) is 0 Å². The van der Waals surface area contributed by atoms with Gasteiger partial charge in [0.25, 0.3) is 0 Å². The van der Waals surface area contributed by atoms with Gasteiger partial charge in [0.1, 0.15) is 18.1 Å². The quantitative estimate of drug-likeness (QED) is 0.0746. The molecule has 0 aliphatic carbocycles. The van der Waals surface area contributed by atoms with Gasteiger partial charge in [0.15, 0.2) is 6.04 Å². The van der Waals surface area contributed by atoms with Crippen molar-refractivity contribution in [3.05, 3.63) is 0 Å². The number of nitrogens with zero attached hydrogens (tertiary/aromatic N) is 1. The second-order valence-electron chi connectivity index (χ2n) is 9.78. The molecule has 10 N–H and O–H groups in total. The molecule has 1 fully saturated rings. The van der Waals surface area contributed by atoms with Crippen LogP contribution in [0.25, 0.3) is 0 Å². The lowest BCUT2D eigenvalue weighted by atomic mass is 10.1. The molecule has 0 bridgehead atoms. The Balaban J connectivity index is 3.11. The van der Waals surface area contributed by atoms with E-state index in [4.69, 9.17) is 21.1 Å². The maximum absolute atomic E-state index is 13.1. The SMILES string of the molecule is C[C@@H](O)[C@H](NC(=O)[C@H](CCC(=O)O)NC(=O)[C@H](CCC(=O)O)NC(=O)[C@@H]1CCCN1C(=O)[C@@H](N)CCC(=O)O)C(=O)O. The molecule has 0 unspecified atom stereocenters. The van der Waals surface area contributed by atoms with Crippen molar-refractivity contribution in [2.24, 2.45) is 5.73 Å². The number of aliphatic carboxylic acids is 4. The Kier molecular flexibility index (Phi) is 14.3. The highest BCUT2D eigenvalue weighted by Crippen LogP contribution is 2.20. The largest absolute Gasteiger partial charge is 0.481 e. The summed E-state index contributed by atoms with van der Waals surface area (Å²) in [5.41, 5.74) is 5.80. The third-order valence-corrected chi connectivity index (χ3v) is 6.43. The third-order valence-electron chi connectivity index (χ3n) is 6.43. The van der Waals surface area contributed by atoms with Gasteiger partial charge in [0.2, 0.25) is 23.6 Å². The number of nitrogens with two attached hydrogens (primary N) is 1. The van der Waals surface area contributed by atoms with Crippen LogP contribution in [0.15, 0.2) is 0 Å². The van der Waals surface area contributed by atoms with E-state index in [0.717, 1.165) is 11.8 Å². The maximum atomic E-state index is 13.1. The van der Waals surface area contributed by atoms with Crippen LogP contribution in [0.1, 0.15) is 58.3 Å². The zero-order valence-corrected chi connectivity index (χ0v) is 22.9. The van der Waals surface area contributed by atoms with E-state index in [1.54, 1.807) is 0 Å². The van der Waals surface area contributed by atoms with Crippen molar-refractivity contribution in [1.29, 1.82) is 0 Å². The number of aliphatic hydroxyl groups is 1. The summed E-state index contributed by atoms with van der Waals surface area (Å²) in [6.07, 6.45) is -3.81. The summed E-state index contributed by atoms with van der Waals surface area (Å²) < 4.78 is 0. The molecule has 0 saturated carbocycles. The number of carbonyl (C=O) groups is 8. The number of rotatable bonds is 18. The predicted molar refractivity (Wildman–Crippen MR) is 138 cm³/mol. The molecule has 0 radical (unpaired) electrons. The van der Waals surface area contributed by atoms with Gasteiger partial charge in [-0.1, -0.05) is 0 Å². The molecule has 236 valence electrons. The van der Waals surface area contributed by atoms with Gasteiger partial charge in [-0.2, -0.15) is 0 Å². The molecule has 1 rings (SSSR count). The van der Waals surface area contributed by atoms with E-state index in [-0.39, 0.29) is 25.8 Å². The fourth-order valence-electron chi connectivity index (χ4n) is 4.17. The summed E-state index contributed by atoms with van der Waals surface area (Å²) in [5, 5.41) is 52.4. The van der Waals surface area contributed by atoms with Gasteiger partial charge in [0.05, 0.1) is 12.1 Å². The lowest BCUT2D eigenvalue weighted by molar-refractivity contribution is -0.145. The molecule has 4 amide bonds. The van der Waals surface area contributed by atoms with E-state index in [0.29, 0.717) is 6.42 Å². The average Bonchev–Trinajstić information content (AvgIpc) is 3.39. The van der Waals surface area contributed by atoms with Crippen LogP contribution >= 0.6 is 0 Å². The van der Waals surface area contributed by atoms with Crippen LogP contribution < -0.4 is 21.7 Å². The number of amides is 4. The molecule has 18 nitrogen and oxygen atoms in total. The Hall–Kier alpha value is -4.32. The smallest absolute Gasteiger partial charge is 0.328 e. The molecule has 0 aromatic carbocycles. The van der Waals surface area contributed by atoms with Crippen molar-refractivity contribution in [1.82, 2.24) is 20.9 Å². The molecular weight excluding hydrogens is 566 g/mol. The van der Waals surface area contributed by atoms with Crippen molar-refractivity contribution in [2.45, 2.75) is 94.6 Å². The summed E-state index contributed by atoms with van der Waals surface area (Å²) in [6, 6.07) is -7.32. The van der Waals surface area contributed by atoms with Gasteiger partial charge < -0.3 is 52.1 Å². The molecule has 1 heterocycles. The molecule has 18 heteroatoms. The van der Waals surface area contributed by atoms with Crippen LogP contribution in [-0.4, -0.2) is 121 Å². The van der Waals surface area contributed by atoms with E-state index < -0.39 is 110 Å². The highest BCUT2D eigenvalue weighted by atomic mass is 16.4. The molecular formula is C24H37N5O13. The molecule has 0 aromatic heterocycles. The van der Waals surface area contributed by atoms with Gasteiger partial charge in [-0.25, -0.2) is 4.79 Å². The lowest BCUT2D eigenvalue weighted by Gasteiger charge is -2.29. The molecule has 1 saturated heterocycles. The number of aliphatic hydroxyl groups excluding tert-OH is 1. The van der Waals surface area contributed by atoms with Crippen LogP contribution in [0.5, 0.6) is 0 Å². The average molecular weight is 604 g/mol. The van der Waals surface area contributed by atoms with Gasteiger partial charge in [0, 0.05) is 25.8 Å².